The van der Waals surface area contributed by atoms with Gasteiger partial charge in [0.15, 0.2) is 0 Å². The fraction of sp³-hybridized carbons (Fsp3) is 0.600. The highest BCUT2D eigenvalue weighted by molar-refractivity contribution is 6.12. The molecule has 0 rings (SSSR count). The van der Waals surface area contributed by atoms with Gasteiger partial charge in [-0.2, -0.15) is 0 Å². The number of aliphatic hydroxyl groups excluding tert-OH is 2. The first-order valence-corrected chi connectivity index (χ1v) is 4.98. The summed E-state index contributed by atoms with van der Waals surface area (Å²) in [7, 11) is 1.87. The van der Waals surface area contributed by atoms with Crippen LogP contribution in [0, 0.1) is 0 Å². The Labute approximate surface area is 91.6 Å². The van der Waals surface area contributed by atoms with Crippen LogP contribution in [-0.4, -0.2) is 43.4 Å². The minimum Gasteiger partial charge on any atom is -0.513 e. The predicted molar refractivity (Wildman–Crippen MR) is 61.4 cm³/mol. The monoisotopic (exact) mass is 214 g/mol. The second-order valence-electron chi connectivity index (χ2n) is 3.28. The van der Waals surface area contributed by atoms with Gasteiger partial charge in [-0.1, -0.05) is 0 Å². The first-order valence-electron chi connectivity index (χ1n) is 4.98. The van der Waals surface area contributed by atoms with Crippen LogP contribution in [0.5, 0.6) is 0 Å². The number of hydrogen-bond acceptors (Lipinski definition) is 4. The summed E-state index contributed by atoms with van der Waals surface area (Å²) < 4.78 is 10.4. The third-order valence-electron chi connectivity index (χ3n) is 1.56. The average Bonchev–Trinajstić information content (AvgIpc) is 2.10. The van der Waals surface area contributed by atoms with Crippen molar-refractivity contribution in [2.75, 3.05) is 13.2 Å². The van der Waals surface area contributed by atoms with Gasteiger partial charge in [-0.15, -0.1) is 0 Å². The first-order chi connectivity index (χ1) is 7.06. The van der Waals surface area contributed by atoms with Gasteiger partial charge < -0.3 is 19.7 Å². The lowest BCUT2D eigenvalue weighted by Gasteiger charge is -2.13. The fourth-order valence-electron chi connectivity index (χ4n) is 1.05. The standard InChI is InChI=1S/C10H19BO4/c1-8(13)7-9(2)15-10(11)3-5-14-6-4-12/h3,5,7,9-10,12-13H,4,6,11H2,1-2H3/b5-3?,8-7+. The lowest BCUT2D eigenvalue weighted by atomic mass is 10.0. The van der Waals surface area contributed by atoms with E-state index in [0.29, 0.717) is 0 Å². The topological polar surface area (TPSA) is 58.9 Å². The fourth-order valence-corrected chi connectivity index (χ4v) is 1.05. The number of rotatable bonds is 7. The number of aliphatic hydroxyl groups is 2. The van der Waals surface area contributed by atoms with E-state index >= 15 is 0 Å². The van der Waals surface area contributed by atoms with Crippen molar-refractivity contribution < 1.29 is 19.7 Å². The zero-order valence-electron chi connectivity index (χ0n) is 9.51. The van der Waals surface area contributed by atoms with E-state index in [0.717, 1.165) is 0 Å². The molecule has 0 bridgehead atoms. The summed E-state index contributed by atoms with van der Waals surface area (Å²) >= 11 is 0. The van der Waals surface area contributed by atoms with Crippen molar-refractivity contribution >= 4 is 7.85 Å². The Hall–Kier alpha value is -0.935. The first kappa shape index (κ1) is 14.1. The summed E-state index contributed by atoms with van der Waals surface area (Å²) in [6.07, 6.45) is 4.72. The zero-order valence-corrected chi connectivity index (χ0v) is 9.51. The molecule has 0 radical (unpaired) electrons. The van der Waals surface area contributed by atoms with E-state index in [2.05, 4.69) is 0 Å². The molecule has 0 saturated carbocycles. The van der Waals surface area contributed by atoms with Crippen molar-refractivity contribution in [3.63, 3.8) is 0 Å². The van der Waals surface area contributed by atoms with E-state index in [-0.39, 0.29) is 31.1 Å². The highest BCUT2D eigenvalue weighted by Crippen LogP contribution is 2.01. The summed E-state index contributed by atoms with van der Waals surface area (Å²) in [5.74, 6) is 0.246. The minimum absolute atomic E-state index is 0.00241. The molecule has 0 saturated heterocycles. The lowest BCUT2D eigenvalue weighted by Crippen LogP contribution is -2.16. The van der Waals surface area contributed by atoms with Crippen molar-refractivity contribution in [2.24, 2.45) is 0 Å². The zero-order chi connectivity index (χ0) is 11.7. The van der Waals surface area contributed by atoms with Gasteiger partial charge in [-0.05, 0) is 26.0 Å². The van der Waals surface area contributed by atoms with Crippen molar-refractivity contribution in [1.82, 2.24) is 0 Å². The quantitative estimate of drug-likeness (QED) is 0.364. The van der Waals surface area contributed by atoms with Gasteiger partial charge in [0, 0.05) is 6.00 Å². The Bertz CT molecular complexity index is 211. The maximum absolute atomic E-state index is 8.99. The summed E-state index contributed by atoms with van der Waals surface area (Å²) in [4.78, 5) is 0. The van der Waals surface area contributed by atoms with Crippen molar-refractivity contribution in [1.29, 1.82) is 0 Å². The van der Waals surface area contributed by atoms with E-state index < -0.39 is 0 Å². The highest BCUT2D eigenvalue weighted by Gasteiger charge is 2.03. The molecule has 86 valence electrons. The Balaban J connectivity index is 3.77. The van der Waals surface area contributed by atoms with E-state index in [1.165, 1.54) is 6.26 Å². The largest absolute Gasteiger partial charge is 0.513 e. The molecule has 0 aromatic carbocycles. The van der Waals surface area contributed by atoms with Gasteiger partial charge in [-0.25, -0.2) is 0 Å². The Morgan fingerprint density at radius 1 is 1.53 bits per heavy atom. The van der Waals surface area contributed by atoms with Crippen LogP contribution in [0.3, 0.4) is 0 Å². The van der Waals surface area contributed by atoms with Gasteiger partial charge in [-0.3, -0.25) is 0 Å². The summed E-state index contributed by atoms with van der Waals surface area (Å²) in [5, 5.41) is 17.4. The van der Waals surface area contributed by atoms with Crippen molar-refractivity contribution in [3.05, 3.63) is 24.2 Å². The van der Waals surface area contributed by atoms with Gasteiger partial charge in [0.1, 0.15) is 14.5 Å². The molecule has 0 aliphatic heterocycles. The van der Waals surface area contributed by atoms with Gasteiger partial charge in [0.2, 0.25) is 0 Å². The van der Waals surface area contributed by atoms with Crippen LogP contribution in [-0.2, 0) is 9.47 Å². The molecule has 0 spiro atoms. The summed E-state index contributed by atoms with van der Waals surface area (Å²) in [6.45, 7) is 3.74. The molecular weight excluding hydrogens is 195 g/mol. The molecule has 0 fully saturated rings. The minimum atomic E-state index is -0.146. The molecular formula is C10H19BO4. The van der Waals surface area contributed by atoms with Crippen LogP contribution in [0.25, 0.3) is 0 Å². The number of hydrogen-bond donors (Lipinski definition) is 2. The van der Waals surface area contributed by atoms with Gasteiger partial charge in [0.25, 0.3) is 0 Å². The smallest absolute Gasteiger partial charge is 0.144 e. The normalized spacial score (nSPS) is 16.6. The van der Waals surface area contributed by atoms with E-state index in [1.807, 2.05) is 14.8 Å². The third kappa shape index (κ3) is 9.37. The molecule has 0 heterocycles. The van der Waals surface area contributed by atoms with Crippen LogP contribution in [0.1, 0.15) is 13.8 Å². The summed E-state index contributed by atoms with van der Waals surface area (Å²) in [5.41, 5.74) is 0. The molecule has 0 aromatic heterocycles. The molecule has 0 aromatic rings. The molecule has 5 heteroatoms. The number of allylic oxidation sites excluding steroid dienone is 1. The van der Waals surface area contributed by atoms with Crippen LogP contribution >= 0.6 is 0 Å². The lowest BCUT2D eigenvalue weighted by molar-refractivity contribution is 0.0920. The molecule has 0 aliphatic carbocycles. The molecule has 4 nitrogen and oxygen atoms in total. The Morgan fingerprint density at radius 2 is 2.20 bits per heavy atom. The van der Waals surface area contributed by atoms with Crippen LogP contribution in [0.4, 0.5) is 0 Å². The number of ether oxygens (including phenoxy) is 2. The average molecular weight is 214 g/mol. The predicted octanol–water partition coefficient (Wildman–Crippen LogP) is 0.335. The third-order valence-corrected chi connectivity index (χ3v) is 1.56. The van der Waals surface area contributed by atoms with E-state index in [4.69, 9.17) is 19.7 Å². The summed E-state index contributed by atoms with van der Waals surface area (Å²) in [6, 6.07) is -0.103. The van der Waals surface area contributed by atoms with Crippen LogP contribution < -0.4 is 0 Å². The van der Waals surface area contributed by atoms with Crippen LogP contribution in [0.2, 0.25) is 0 Å². The van der Waals surface area contributed by atoms with Crippen LogP contribution in [0.15, 0.2) is 24.2 Å². The van der Waals surface area contributed by atoms with Gasteiger partial charge in [0.05, 0.1) is 24.7 Å². The molecule has 2 atom stereocenters. The molecule has 0 aliphatic rings. The van der Waals surface area contributed by atoms with Crippen molar-refractivity contribution in [2.45, 2.75) is 26.0 Å². The Kier molecular flexibility index (Phi) is 7.86. The maximum atomic E-state index is 8.99. The van der Waals surface area contributed by atoms with Gasteiger partial charge >= 0.3 is 0 Å². The van der Waals surface area contributed by atoms with E-state index in [9.17, 15) is 0 Å². The molecule has 15 heavy (non-hydrogen) atoms. The molecule has 2 unspecified atom stereocenters. The highest BCUT2D eigenvalue weighted by atomic mass is 16.5. The maximum Gasteiger partial charge on any atom is 0.144 e. The Morgan fingerprint density at radius 3 is 2.73 bits per heavy atom. The SMILES string of the molecule is BC(C=COCCO)OC(C)/C=C(\C)O. The second kappa shape index (κ2) is 8.38. The molecule has 2 N–H and O–H groups in total. The second-order valence-corrected chi connectivity index (χ2v) is 3.28. The van der Waals surface area contributed by atoms with E-state index in [1.54, 1.807) is 19.1 Å². The molecule has 0 amide bonds. The van der Waals surface area contributed by atoms with Crippen molar-refractivity contribution in [3.8, 4) is 0 Å².